The summed E-state index contributed by atoms with van der Waals surface area (Å²) in [5.74, 6) is 0.710. The van der Waals surface area contributed by atoms with Gasteiger partial charge in [0.15, 0.2) is 0 Å². The third-order valence-corrected chi connectivity index (χ3v) is 4.78. The summed E-state index contributed by atoms with van der Waals surface area (Å²) in [5, 5.41) is 2.99. The molecule has 6 nitrogen and oxygen atoms in total. The van der Waals surface area contributed by atoms with Gasteiger partial charge in [0.2, 0.25) is 0 Å². The van der Waals surface area contributed by atoms with Crippen LogP contribution in [0.4, 0.5) is 5.69 Å². The Labute approximate surface area is 154 Å². The van der Waals surface area contributed by atoms with E-state index >= 15 is 0 Å². The van der Waals surface area contributed by atoms with Gasteiger partial charge < -0.3 is 19.4 Å². The summed E-state index contributed by atoms with van der Waals surface area (Å²) >= 11 is 0. The van der Waals surface area contributed by atoms with E-state index in [2.05, 4.69) is 34.2 Å². The number of amides is 1. The first-order valence-corrected chi connectivity index (χ1v) is 9.07. The molecule has 0 bridgehead atoms. The molecule has 0 spiro atoms. The maximum Gasteiger partial charge on any atom is 0.254 e. The summed E-state index contributed by atoms with van der Waals surface area (Å²) in [6, 6.07) is 12.2. The van der Waals surface area contributed by atoms with Crippen LogP contribution in [0.25, 0.3) is 0 Å². The number of nitrogens with one attached hydrogen (secondary N) is 1. The lowest BCUT2D eigenvalue weighted by atomic mass is 10.2. The maximum absolute atomic E-state index is 12.4. The van der Waals surface area contributed by atoms with Gasteiger partial charge in [-0.15, -0.1) is 0 Å². The number of carbonyl (C=O) groups is 1. The largest absolute Gasteiger partial charge is 0.467 e. The third-order valence-electron chi connectivity index (χ3n) is 4.78. The topological polar surface area (TPSA) is 58.0 Å². The SMILES string of the molecule is C[C@H](CNC(=O)c1coc(CN2CCOCC2)c1)N(C)c1ccccc1. The van der Waals surface area contributed by atoms with E-state index in [1.54, 1.807) is 0 Å². The molecule has 2 heterocycles. The first kappa shape index (κ1) is 18.5. The third kappa shape index (κ3) is 4.86. The standard InChI is InChI=1S/C20H27N3O3/c1-16(22(2)18-6-4-3-5-7-18)13-21-20(24)17-12-19(26-15-17)14-23-8-10-25-11-9-23/h3-7,12,15-16H,8-11,13-14H2,1-2H3,(H,21,24)/t16-/m1/s1. The van der Waals surface area contributed by atoms with E-state index in [0.717, 1.165) is 37.8 Å². The molecule has 1 aromatic carbocycles. The molecule has 1 N–H and O–H groups in total. The summed E-state index contributed by atoms with van der Waals surface area (Å²) in [6.07, 6.45) is 1.54. The minimum absolute atomic E-state index is 0.102. The van der Waals surface area contributed by atoms with Crippen LogP contribution in [0.3, 0.4) is 0 Å². The van der Waals surface area contributed by atoms with Crippen molar-refractivity contribution in [1.29, 1.82) is 0 Å². The second kappa shape index (κ2) is 8.87. The smallest absolute Gasteiger partial charge is 0.254 e. The molecule has 1 aromatic heterocycles. The fraction of sp³-hybridized carbons (Fsp3) is 0.450. The van der Waals surface area contributed by atoms with Crippen molar-refractivity contribution in [1.82, 2.24) is 10.2 Å². The fourth-order valence-corrected chi connectivity index (χ4v) is 2.96. The van der Waals surface area contributed by atoms with Crippen molar-refractivity contribution in [3.05, 3.63) is 54.0 Å². The van der Waals surface area contributed by atoms with Crippen LogP contribution < -0.4 is 10.2 Å². The van der Waals surface area contributed by atoms with Crippen LogP contribution in [0.2, 0.25) is 0 Å². The average Bonchev–Trinajstić information content (AvgIpc) is 3.15. The first-order chi connectivity index (χ1) is 12.6. The molecule has 3 rings (SSSR count). The van der Waals surface area contributed by atoms with Gasteiger partial charge in [0.25, 0.3) is 5.91 Å². The van der Waals surface area contributed by atoms with Gasteiger partial charge in [0, 0.05) is 38.4 Å². The Kier molecular flexibility index (Phi) is 6.30. The molecular formula is C20H27N3O3. The van der Waals surface area contributed by atoms with E-state index < -0.39 is 0 Å². The zero-order valence-electron chi connectivity index (χ0n) is 15.5. The molecule has 1 amide bonds. The van der Waals surface area contributed by atoms with Crippen molar-refractivity contribution in [2.75, 3.05) is 44.8 Å². The van der Waals surface area contributed by atoms with Gasteiger partial charge in [0.05, 0.1) is 25.3 Å². The Bertz CT molecular complexity index is 695. The van der Waals surface area contributed by atoms with Crippen LogP contribution in [0.1, 0.15) is 23.0 Å². The highest BCUT2D eigenvalue weighted by atomic mass is 16.5. The van der Waals surface area contributed by atoms with Crippen LogP contribution in [0.5, 0.6) is 0 Å². The predicted molar refractivity (Wildman–Crippen MR) is 101 cm³/mol. The zero-order chi connectivity index (χ0) is 18.4. The number of rotatable bonds is 7. The summed E-state index contributed by atoms with van der Waals surface area (Å²) in [4.78, 5) is 16.8. The molecule has 1 fully saturated rings. The second-order valence-electron chi connectivity index (χ2n) is 6.70. The van der Waals surface area contributed by atoms with Crippen molar-refractivity contribution in [3.63, 3.8) is 0 Å². The normalized spacial score (nSPS) is 16.2. The van der Waals surface area contributed by atoms with Gasteiger partial charge in [-0.1, -0.05) is 18.2 Å². The van der Waals surface area contributed by atoms with Crippen LogP contribution in [0, 0.1) is 0 Å². The fourth-order valence-electron chi connectivity index (χ4n) is 2.96. The molecule has 6 heteroatoms. The molecule has 1 aliphatic rings. The number of hydrogen-bond donors (Lipinski definition) is 1. The van der Waals surface area contributed by atoms with Gasteiger partial charge >= 0.3 is 0 Å². The molecule has 2 aromatic rings. The van der Waals surface area contributed by atoms with E-state index in [0.29, 0.717) is 18.7 Å². The molecule has 1 saturated heterocycles. The number of hydrogen-bond acceptors (Lipinski definition) is 5. The van der Waals surface area contributed by atoms with E-state index in [9.17, 15) is 4.79 Å². The van der Waals surface area contributed by atoms with E-state index in [-0.39, 0.29) is 11.9 Å². The Morgan fingerprint density at radius 3 is 2.73 bits per heavy atom. The van der Waals surface area contributed by atoms with E-state index in [1.807, 2.05) is 31.3 Å². The maximum atomic E-state index is 12.4. The Morgan fingerprint density at radius 2 is 2.00 bits per heavy atom. The lowest BCUT2D eigenvalue weighted by Crippen LogP contribution is -2.40. The number of para-hydroxylation sites is 1. The Hall–Kier alpha value is -2.31. The number of benzene rings is 1. The lowest BCUT2D eigenvalue weighted by molar-refractivity contribution is 0.0313. The number of anilines is 1. The molecule has 0 unspecified atom stereocenters. The van der Waals surface area contributed by atoms with Crippen molar-refractivity contribution < 1.29 is 13.9 Å². The van der Waals surface area contributed by atoms with Crippen molar-refractivity contribution in [2.24, 2.45) is 0 Å². The van der Waals surface area contributed by atoms with Crippen LogP contribution >= 0.6 is 0 Å². The molecule has 0 radical (unpaired) electrons. The second-order valence-corrected chi connectivity index (χ2v) is 6.70. The van der Waals surface area contributed by atoms with Crippen molar-refractivity contribution in [3.8, 4) is 0 Å². The summed E-state index contributed by atoms with van der Waals surface area (Å²) in [5.41, 5.74) is 1.70. The highest BCUT2D eigenvalue weighted by molar-refractivity contribution is 5.94. The van der Waals surface area contributed by atoms with Gasteiger partial charge in [0.1, 0.15) is 12.0 Å². The summed E-state index contributed by atoms with van der Waals surface area (Å²) in [7, 11) is 2.03. The van der Waals surface area contributed by atoms with Crippen LogP contribution in [-0.4, -0.2) is 56.7 Å². The van der Waals surface area contributed by atoms with E-state index in [4.69, 9.17) is 9.15 Å². The number of likely N-dealkylation sites (N-methyl/N-ethyl adjacent to an activating group) is 1. The number of furan rings is 1. The molecule has 1 aliphatic heterocycles. The number of carbonyl (C=O) groups excluding carboxylic acids is 1. The molecule has 0 aliphatic carbocycles. The first-order valence-electron chi connectivity index (χ1n) is 9.07. The number of ether oxygens (including phenoxy) is 1. The van der Waals surface area contributed by atoms with Crippen LogP contribution in [0.15, 0.2) is 47.1 Å². The predicted octanol–water partition coefficient (Wildman–Crippen LogP) is 2.37. The minimum Gasteiger partial charge on any atom is -0.467 e. The number of nitrogens with zero attached hydrogens (tertiary/aromatic N) is 2. The van der Waals surface area contributed by atoms with Gasteiger partial charge in [-0.05, 0) is 25.1 Å². The Balaban J connectivity index is 1.48. The van der Waals surface area contributed by atoms with Gasteiger partial charge in [-0.25, -0.2) is 0 Å². The molecule has 140 valence electrons. The minimum atomic E-state index is -0.102. The zero-order valence-corrected chi connectivity index (χ0v) is 15.5. The molecule has 0 saturated carbocycles. The van der Waals surface area contributed by atoms with Crippen molar-refractivity contribution >= 4 is 11.6 Å². The quantitative estimate of drug-likeness (QED) is 0.824. The van der Waals surface area contributed by atoms with Crippen LogP contribution in [-0.2, 0) is 11.3 Å². The lowest BCUT2D eigenvalue weighted by Gasteiger charge is -2.27. The Morgan fingerprint density at radius 1 is 1.27 bits per heavy atom. The summed E-state index contributed by atoms with van der Waals surface area (Å²) in [6.45, 7) is 6.66. The molecule has 1 atom stereocenters. The molecule has 26 heavy (non-hydrogen) atoms. The highest BCUT2D eigenvalue weighted by Crippen LogP contribution is 2.14. The monoisotopic (exact) mass is 357 g/mol. The van der Waals surface area contributed by atoms with Gasteiger partial charge in [-0.3, -0.25) is 9.69 Å². The van der Waals surface area contributed by atoms with Crippen molar-refractivity contribution in [2.45, 2.75) is 19.5 Å². The van der Waals surface area contributed by atoms with Gasteiger partial charge in [-0.2, -0.15) is 0 Å². The average molecular weight is 357 g/mol. The summed E-state index contributed by atoms with van der Waals surface area (Å²) < 4.78 is 10.9. The molecular weight excluding hydrogens is 330 g/mol. The highest BCUT2D eigenvalue weighted by Gasteiger charge is 2.16. The number of morpholine rings is 1. The van der Waals surface area contributed by atoms with E-state index in [1.165, 1.54) is 6.26 Å².